The standard InChI is InChI=1S/C14H23N3/c1-4-15-14-11-7-5-6-8-12(11)16-13(17-14)9-10(2)3/h10H,4-9H2,1-3H3,(H,15,16,17). The van der Waals surface area contributed by atoms with E-state index >= 15 is 0 Å². The smallest absolute Gasteiger partial charge is 0.133 e. The summed E-state index contributed by atoms with van der Waals surface area (Å²) in [5, 5.41) is 3.40. The molecule has 0 saturated heterocycles. The van der Waals surface area contributed by atoms with E-state index in [1.165, 1.54) is 24.1 Å². The molecule has 17 heavy (non-hydrogen) atoms. The van der Waals surface area contributed by atoms with Crippen LogP contribution in [0.1, 0.15) is 50.7 Å². The third-order valence-electron chi connectivity index (χ3n) is 3.16. The average molecular weight is 233 g/mol. The van der Waals surface area contributed by atoms with Gasteiger partial charge in [0.2, 0.25) is 0 Å². The average Bonchev–Trinajstić information content (AvgIpc) is 2.28. The van der Waals surface area contributed by atoms with Crippen molar-refractivity contribution in [2.45, 2.75) is 52.9 Å². The summed E-state index contributed by atoms with van der Waals surface area (Å²) in [5.74, 6) is 2.72. The van der Waals surface area contributed by atoms with Crippen LogP contribution in [0, 0.1) is 5.92 Å². The molecule has 1 aromatic heterocycles. The number of aryl methyl sites for hydroxylation is 1. The summed E-state index contributed by atoms with van der Waals surface area (Å²) in [7, 11) is 0. The van der Waals surface area contributed by atoms with E-state index in [1.807, 2.05) is 0 Å². The molecule has 0 spiro atoms. The van der Waals surface area contributed by atoms with Crippen molar-refractivity contribution >= 4 is 5.82 Å². The zero-order chi connectivity index (χ0) is 12.3. The summed E-state index contributed by atoms with van der Waals surface area (Å²) in [4.78, 5) is 9.44. The minimum atomic E-state index is 0.617. The van der Waals surface area contributed by atoms with Crippen molar-refractivity contribution < 1.29 is 0 Å². The van der Waals surface area contributed by atoms with Crippen molar-refractivity contribution in [3.63, 3.8) is 0 Å². The van der Waals surface area contributed by atoms with Gasteiger partial charge in [0.1, 0.15) is 11.6 Å². The Morgan fingerprint density at radius 3 is 2.65 bits per heavy atom. The highest BCUT2D eigenvalue weighted by molar-refractivity contribution is 5.47. The first-order chi connectivity index (χ1) is 8.20. The van der Waals surface area contributed by atoms with Crippen LogP contribution in [0.15, 0.2) is 0 Å². The van der Waals surface area contributed by atoms with Gasteiger partial charge in [0.05, 0.1) is 0 Å². The molecule has 0 bridgehead atoms. The number of fused-ring (bicyclic) bond motifs is 1. The highest BCUT2D eigenvalue weighted by Gasteiger charge is 2.17. The van der Waals surface area contributed by atoms with Crippen molar-refractivity contribution in [2.75, 3.05) is 11.9 Å². The lowest BCUT2D eigenvalue weighted by molar-refractivity contribution is 0.602. The predicted molar refractivity (Wildman–Crippen MR) is 71.4 cm³/mol. The normalized spacial score (nSPS) is 14.8. The van der Waals surface area contributed by atoms with Gasteiger partial charge in [-0.15, -0.1) is 0 Å². The Balaban J connectivity index is 2.33. The van der Waals surface area contributed by atoms with Crippen molar-refractivity contribution in [3.05, 3.63) is 17.1 Å². The fraction of sp³-hybridized carbons (Fsp3) is 0.714. The van der Waals surface area contributed by atoms with Gasteiger partial charge in [-0.1, -0.05) is 13.8 Å². The van der Waals surface area contributed by atoms with E-state index in [0.29, 0.717) is 5.92 Å². The highest BCUT2D eigenvalue weighted by Crippen LogP contribution is 2.25. The highest BCUT2D eigenvalue weighted by atomic mass is 15.0. The lowest BCUT2D eigenvalue weighted by Crippen LogP contribution is -2.15. The SMILES string of the molecule is CCNc1nc(CC(C)C)nc2c1CCCC2. The second-order valence-electron chi connectivity index (χ2n) is 5.25. The van der Waals surface area contributed by atoms with E-state index < -0.39 is 0 Å². The lowest BCUT2D eigenvalue weighted by atomic mass is 9.96. The fourth-order valence-corrected chi connectivity index (χ4v) is 2.42. The van der Waals surface area contributed by atoms with Crippen LogP contribution >= 0.6 is 0 Å². The zero-order valence-corrected chi connectivity index (χ0v) is 11.2. The van der Waals surface area contributed by atoms with E-state index in [0.717, 1.165) is 37.4 Å². The van der Waals surface area contributed by atoms with Crippen molar-refractivity contribution in [1.82, 2.24) is 9.97 Å². The van der Waals surface area contributed by atoms with Crippen LogP contribution in [0.5, 0.6) is 0 Å². The van der Waals surface area contributed by atoms with Gasteiger partial charge in [0.25, 0.3) is 0 Å². The van der Waals surface area contributed by atoms with Gasteiger partial charge in [-0.05, 0) is 38.5 Å². The van der Waals surface area contributed by atoms with Crippen LogP contribution in [-0.4, -0.2) is 16.5 Å². The Hall–Kier alpha value is -1.12. The summed E-state index contributed by atoms with van der Waals surface area (Å²) >= 11 is 0. The maximum absolute atomic E-state index is 4.75. The molecule has 3 nitrogen and oxygen atoms in total. The van der Waals surface area contributed by atoms with E-state index in [1.54, 1.807) is 0 Å². The fourth-order valence-electron chi connectivity index (χ4n) is 2.42. The molecule has 0 atom stereocenters. The van der Waals surface area contributed by atoms with Crippen molar-refractivity contribution in [2.24, 2.45) is 5.92 Å². The molecule has 1 aromatic rings. The largest absolute Gasteiger partial charge is 0.370 e. The first-order valence-electron chi connectivity index (χ1n) is 6.83. The molecule has 1 aliphatic carbocycles. The molecule has 94 valence electrons. The van der Waals surface area contributed by atoms with Crippen molar-refractivity contribution in [3.8, 4) is 0 Å². The minimum absolute atomic E-state index is 0.617. The van der Waals surface area contributed by atoms with Crippen LogP contribution < -0.4 is 5.32 Å². The second kappa shape index (κ2) is 5.48. The molecule has 0 saturated carbocycles. The number of hydrogen-bond acceptors (Lipinski definition) is 3. The number of hydrogen-bond donors (Lipinski definition) is 1. The topological polar surface area (TPSA) is 37.8 Å². The quantitative estimate of drug-likeness (QED) is 0.868. The molecule has 0 fully saturated rings. The third-order valence-corrected chi connectivity index (χ3v) is 3.16. The summed E-state index contributed by atoms with van der Waals surface area (Å²) < 4.78 is 0. The number of nitrogens with zero attached hydrogens (tertiary/aromatic N) is 2. The van der Waals surface area contributed by atoms with E-state index in [2.05, 4.69) is 26.1 Å². The molecular weight excluding hydrogens is 210 g/mol. The van der Waals surface area contributed by atoms with Gasteiger partial charge in [-0.3, -0.25) is 0 Å². The van der Waals surface area contributed by atoms with Gasteiger partial charge in [0.15, 0.2) is 0 Å². The number of nitrogens with one attached hydrogen (secondary N) is 1. The van der Waals surface area contributed by atoms with Gasteiger partial charge in [-0.25, -0.2) is 9.97 Å². The predicted octanol–water partition coefficient (Wildman–Crippen LogP) is 2.99. The molecule has 1 aliphatic rings. The Bertz CT molecular complexity index is 385. The Labute approximate surface area is 104 Å². The van der Waals surface area contributed by atoms with Crippen LogP contribution in [0.2, 0.25) is 0 Å². The van der Waals surface area contributed by atoms with Gasteiger partial charge >= 0.3 is 0 Å². The van der Waals surface area contributed by atoms with Crippen LogP contribution in [0.3, 0.4) is 0 Å². The zero-order valence-electron chi connectivity index (χ0n) is 11.2. The van der Waals surface area contributed by atoms with Crippen molar-refractivity contribution in [1.29, 1.82) is 0 Å². The number of aromatic nitrogens is 2. The first kappa shape index (κ1) is 12.3. The molecular formula is C14H23N3. The van der Waals surface area contributed by atoms with E-state index in [-0.39, 0.29) is 0 Å². The van der Waals surface area contributed by atoms with Gasteiger partial charge < -0.3 is 5.32 Å². The van der Waals surface area contributed by atoms with Crippen LogP contribution in [0.4, 0.5) is 5.82 Å². The first-order valence-corrected chi connectivity index (χ1v) is 6.83. The van der Waals surface area contributed by atoms with Crippen LogP contribution in [0.25, 0.3) is 0 Å². The molecule has 0 amide bonds. The summed E-state index contributed by atoms with van der Waals surface area (Å²) in [6, 6.07) is 0. The lowest BCUT2D eigenvalue weighted by Gasteiger charge is -2.19. The summed E-state index contributed by atoms with van der Waals surface area (Å²) in [6.45, 7) is 7.50. The molecule has 0 aromatic carbocycles. The molecule has 1 N–H and O–H groups in total. The number of rotatable bonds is 4. The second-order valence-corrected chi connectivity index (χ2v) is 5.25. The minimum Gasteiger partial charge on any atom is -0.370 e. The molecule has 3 heteroatoms. The maximum Gasteiger partial charge on any atom is 0.133 e. The van der Waals surface area contributed by atoms with Crippen LogP contribution in [-0.2, 0) is 19.3 Å². The molecule has 2 rings (SSSR count). The summed E-state index contributed by atoms with van der Waals surface area (Å²) in [5.41, 5.74) is 2.66. The molecule has 0 radical (unpaired) electrons. The maximum atomic E-state index is 4.75. The van der Waals surface area contributed by atoms with Gasteiger partial charge in [-0.2, -0.15) is 0 Å². The number of anilines is 1. The molecule has 1 heterocycles. The van der Waals surface area contributed by atoms with E-state index in [9.17, 15) is 0 Å². The molecule has 0 unspecified atom stereocenters. The van der Waals surface area contributed by atoms with E-state index in [4.69, 9.17) is 9.97 Å². The molecule has 0 aliphatic heterocycles. The Kier molecular flexibility index (Phi) is 3.97. The Morgan fingerprint density at radius 2 is 1.94 bits per heavy atom. The van der Waals surface area contributed by atoms with Gasteiger partial charge in [0, 0.05) is 24.2 Å². The monoisotopic (exact) mass is 233 g/mol. The Morgan fingerprint density at radius 1 is 1.18 bits per heavy atom. The third kappa shape index (κ3) is 2.96. The summed E-state index contributed by atoms with van der Waals surface area (Å²) in [6.07, 6.45) is 5.79.